The van der Waals surface area contributed by atoms with Gasteiger partial charge in [0.2, 0.25) is 0 Å². The molecule has 0 N–H and O–H groups in total. The Kier molecular flexibility index (Phi) is 3.83. The molecule has 98 valence electrons. The lowest BCUT2D eigenvalue weighted by Gasteiger charge is -2.36. The molecule has 0 saturated carbocycles. The number of allylic oxidation sites excluding steroid dienone is 9. The average molecular weight is 251 g/mol. The molecule has 3 aliphatic carbocycles. The molecule has 0 amide bonds. The zero-order chi connectivity index (χ0) is 12.9. The highest BCUT2D eigenvalue weighted by Crippen LogP contribution is 2.29. The first-order valence-corrected chi connectivity index (χ1v) is 7.30. The summed E-state index contributed by atoms with van der Waals surface area (Å²) in [5, 5.41) is 0. The minimum absolute atomic E-state index is 0.469. The number of hydrogen-bond donors (Lipinski definition) is 0. The van der Waals surface area contributed by atoms with Crippen LogP contribution in [-0.4, -0.2) is 10.9 Å². The Balaban J connectivity index is 1.90. The van der Waals surface area contributed by atoms with Crippen molar-refractivity contribution in [3.05, 3.63) is 72.2 Å². The van der Waals surface area contributed by atoms with Crippen molar-refractivity contribution in [2.24, 2.45) is 0 Å². The zero-order valence-electron chi connectivity index (χ0n) is 11.3. The Morgan fingerprint density at radius 3 is 2.63 bits per heavy atom. The first-order valence-electron chi connectivity index (χ1n) is 7.30. The molecule has 1 heteroatoms. The van der Waals surface area contributed by atoms with Crippen molar-refractivity contribution in [3.63, 3.8) is 0 Å². The van der Waals surface area contributed by atoms with Gasteiger partial charge < -0.3 is 4.90 Å². The van der Waals surface area contributed by atoms with Gasteiger partial charge in [-0.1, -0.05) is 48.6 Å². The van der Waals surface area contributed by atoms with Crippen molar-refractivity contribution in [2.75, 3.05) is 0 Å². The maximum Gasteiger partial charge on any atom is 0.0556 e. The number of rotatable bonds is 3. The predicted molar refractivity (Wildman–Crippen MR) is 81.4 cm³/mol. The second kappa shape index (κ2) is 5.92. The van der Waals surface area contributed by atoms with Gasteiger partial charge in [0.25, 0.3) is 0 Å². The second-order valence-corrected chi connectivity index (χ2v) is 5.22. The van der Waals surface area contributed by atoms with Crippen LogP contribution in [0.1, 0.15) is 32.1 Å². The highest BCUT2D eigenvalue weighted by molar-refractivity contribution is 5.32. The van der Waals surface area contributed by atoms with Crippen molar-refractivity contribution < 1.29 is 0 Å². The fourth-order valence-corrected chi connectivity index (χ4v) is 2.90. The molecule has 3 aliphatic rings. The molecule has 0 spiro atoms. The SMILES string of the molecule is C1=CCCC(N(C2=CCCC=C2)C2C=CC=CC2)=C1. The molecule has 0 heterocycles. The van der Waals surface area contributed by atoms with Crippen molar-refractivity contribution in [3.8, 4) is 0 Å². The van der Waals surface area contributed by atoms with Crippen LogP contribution in [0, 0.1) is 0 Å². The molecule has 1 unspecified atom stereocenters. The molecule has 1 nitrogen and oxygen atoms in total. The highest BCUT2D eigenvalue weighted by atomic mass is 15.2. The molecule has 0 aromatic rings. The molecule has 3 rings (SSSR count). The zero-order valence-corrected chi connectivity index (χ0v) is 11.3. The minimum Gasteiger partial charge on any atom is -0.338 e. The molecule has 1 atom stereocenters. The van der Waals surface area contributed by atoms with Gasteiger partial charge in [-0.05, 0) is 44.3 Å². The monoisotopic (exact) mass is 251 g/mol. The summed E-state index contributed by atoms with van der Waals surface area (Å²) in [5.41, 5.74) is 2.82. The third-order valence-corrected chi connectivity index (χ3v) is 3.84. The molecule has 0 aliphatic heterocycles. The van der Waals surface area contributed by atoms with Gasteiger partial charge in [-0.2, -0.15) is 0 Å². The lowest BCUT2D eigenvalue weighted by Crippen LogP contribution is -2.33. The van der Waals surface area contributed by atoms with Crippen molar-refractivity contribution in [1.82, 2.24) is 4.90 Å². The fourth-order valence-electron chi connectivity index (χ4n) is 2.90. The van der Waals surface area contributed by atoms with Crippen molar-refractivity contribution >= 4 is 0 Å². The largest absolute Gasteiger partial charge is 0.338 e. The van der Waals surface area contributed by atoms with E-state index in [2.05, 4.69) is 65.7 Å². The maximum absolute atomic E-state index is 2.53. The third kappa shape index (κ3) is 2.81. The second-order valence-electron chi connectivity index (χ2n) is 5.22. The summed E-state index contributed by atoms with van der Waals surface area (Å²) in [6.45, 7) is 0. The summed E-state index contributed by atoms with van der Waals surface area (Å²) in [7, 11) is 0. The standard InChI is InChI=1S/C18H21N/c1-4-10-16(11-5-1)19(17-12-6-2-7-13-17)18-14-8-3-9-15-18/h1-2,4-6,8,10,12,14-16H,3,7,9,11,13H2. The smallest absolute Gasteiger partial charge is 0.0556 e. The summed E-state index contributed by atoms with van der Waals surface area (Å²) in [5.74, 6) is 0. The average Bonchev–Trinajstić information content (AvgIpc) is 2.51. The van der Waals surface area contributed by atoms with E-state index in [1.807, 2.05) is 0 Å². The molecule has 0 aromatic carbocycles. The number of nitrogens with zero attached hydrogens (tertiary/aromatic N) is 1. The van der Waals surface area contributed by atoms with Crippen LogP contribution in [0.3, 0.4) is 0 Å². The van der Waals surface area contributed by atoms with E-state index in [-0.39, 0.29) is 0 Å². The van der Waals surface area contributed by atoms with Crippen LogP contribution >= 0.6 is 0 Å². The summed E-state index contributed by atoms with van der Waals surface area (Å²) in [6, 6.07) is 0.469. The van der Waals surface area contributed by atoms with E-state index in [1.54, 1.807) is 0 Å². The van der Waals surface area contributed by atoms with Gasteiger partial charge >= 0.3 is 0 Å². The van der Waals surface area contributed by atoms with Gasteiger partial charge in [-0.3, -0.25) is 0 Å². The molecule has 0 saturated heterocycles. The van der Waals surface area contributed by atoms with Gasteiger partial charge in [-0.15, -0.1) is 0 Å². The topological polar surface area (TPSA) is 3.24 Å². The van der Waals surface area contributed by atoms with E-state index in [9.17, 15) is 0 Å². The molecule has 0 aromatic heterocycles. The van der Waals surface area contributed by atoms with E-state index in [0.29, 0.717) is 6.04 Å². The fraction of sp³-hybridized carbons (Fsp3) is 0.333. The summed E-state index contributed by atoms with van der Waals surface area (Å²) in [6.07, 6.45) is 28.3. The highest BCUT2D eigenvalue weighted by Gasteiger charge is 2.21. The Labute approximate surface area is 116 Å². The Hall–Kier alpha value is -1.76. The van der Waals surface area contributed by atoms with Crippen LogP contribution in [0.25, 0.3) is 0 Å². The van der Waals surface area contributed by atoms with Gasteiger partial charge in [0, 0.05) is 11.4 Å². The van der Waals surface area contributed by atoms with Gasteiger partial charge in [0.05, 0.1) is 6.04 Å². The molecule has 0 bridgehead atoms. The van der Waals surface area contributed by atoms with Crippen molar-refractivity contribution in [1.29, 1.82) is 0 Å². The van der Waals surface area contributed by atoms with Crippen LogP contribution in [0.15, 0.2) is 72.2 Å². The van der Waals surface area contributed by atoms with Crippen LogP contribution in [0.4, 0.5) is 0 Å². The Morgan fingerprint density at radius 1 is 0.947 bits per heavy atom. The van der Waals surface area contributed by atoms with E-state index >= 15 is 0 Å². The quantitative estimate of drug-likeness (QED) is 0.706. The molecule has 0 radical (unpaired) electrons. The molecular formula is C18H21N. The molecule has 19 heavy (non-hydrogen) atoms. The van der Waals surface area contributed by atoms with Crippen LogP contribution in [0.5, 0.6) is 0 Å². The van der Waals surface area contributed by atoms with Crippen LogP contribution < -0.4 is 0 Å². The summed E-state index contributed by atoms with van der Waals surface area (Å²) >= 11 is 0. The first-order chi connectivity index (χ1) is 9.45. The van der Waals surface area contributed by atoms with Crippen LogP contribution in [-0.2, 0) is 0 Å². The van der Waals surface area contributed by atoms with E-state index in [0.717, 1.165) is 25.7 Å². The first kappa shape index (κ1) is 12.3. The minimum atomic E-state index is 0.469. The summed E-state index contributed by atoms with van der Waals surface area (Å²) < 4.78 is 0. The van der Waals surface area contributed by atoms with E-state index < -0.39 is 0 Å². The Bertz CT molecular complexity index is 500. The van der Waals surface area contributed by atoms with E-state index in [4.69, 9.17) is 0 Å². The third-order valence-electron chi connectivity index (χ3n) is 3.84. The molecule has 0 fully saturated rings. The van der Waals surface area contributed by atoms with E-state index in [1.165, 1.54) is 17.8 Å². The van der Waals surface area contributed by atoms with Crippen molar-refractivity contribution in [2.45, 2.75) is 38.1 Å². The van der Waals surface area contributed by atoms with Gasteiger partial charge in [0.1, 0.15) is 0 Å². The lowest BCUT2D eigenvalue weighted by atomic mass is 10.00. The number of hydrogen-bond acceptors (Lipinski definition) is 1. The lowest BCUT2D eigenvalue weighted by molar-refractivity contribution is 0.356. The summed E-state index contributed by atoms with van der Waals surface area (Å²) in [4.78, 5) is 2.53. The predicted octanol–water partition coefficient (Wildman–Crippen LogP) is 4.64. The van der Waals surface area contributed by atoms with Gasteiger partial charge in [-0.25, -0.2) is 0 Å². The van der Waals surface area contributed by atoms with Gasteiger partial charge in [0.15, 0.2) is 0 Å². The Morgan fingerprint density at radius 2 is 1.95 bits per heavy atom. The maximum atomic E-state index is 2.53. The normalized spacial score (nSPS) is 25.2. The molecular weight excluding hydrogens is 230 g/mol. The van der Waals surface area contributed by atoms with Crippen LogP contribution in [0.2, 0.25) is 0 Å².